The van der Waals surface area contributed by atoms with Gasteiger partial charge in [-0.15, -0.1) is 0 Å². The number of carbonyl (C=O) groups excluding carboxylic acids is 2. The third kappa shape index (κ3) is 9.42. The zero-order valence-corrected chi connectivity index (χ0v) is 9.37. The molecule has 0 saturated carbocycles. The SMILES string of the molecule is O=C(CCO)NCCCCNC(=O)CCO. The molecule has 6 nitrogen and oxygen atoms in total. The first-order valence-corrected chi connectivity index (χ1v) is 5.45. The minimum absolute atomic E-state index is 0.132. The van der Waals surface area contributed by atoms with Crippen molar-refractivity contribution >= 4 is 11.8 Å². The molecule has 0 fully saturated rings. The summed E-state index contributed by atoms with van der Waals surface area (Å²) in [5.74, 6) is -0.321. The van der Waals surface area contributed by atoms with Gasteiger partial charge in [0.15, 0.2) is 0 Å². The second kappa shape index (κ2) is 10.4. The maximum absolute atomic E-state index is 10.9. The monoisotopic (exact) mass is 232 g/mol. The highest BCUT2D eigenvalue weighted by atomic mass is 16.3. The number of aliphatic hydroxyl groups is 2. The number of unbranched alkanes of at least 4 members (excludes halogenated alkanes) is 1. The van der Waals surface area contributed by atoms with Gasteiger partial charge in [0, 0.05) is 25.9 Å². The van der Waals surface area contributed by atoms with Crippen LogP contribution in [-0.4, -0.2) is 48.3 Å². The van der Waals surface area contributed by atoms with Crippen molar-refractivity contribution < 1.29 is 19.8 Å². The normalized spacial score (nSPS) is 9.88. The standard InChI is InChI=1S/C10H20N2O4/c13-7-3-9(15)11-5-1-2-6-12-10(16)4-8-14/h13-14H,1-8H2,(H,11,15)(H,12,16). The summed E-state index contributed by atoms with van der Waals surface area (Å²) in [4.78, 5) is 21.8. The van der Waals surface area contributed by atoms with Crippen molar-refractivity contribution in [3.8, 4) is 0 Å². The minimum atomic E-state index is -0.160. The average Bonchev–Trinajstić information content (AvgIpc) is 2.24. The molecular formula is C10H20N2O4. The second-order valence-electron chi connectivity index (χ2n) is 3.35. The molecule has 94 valence electrons. The lowest BCUT2D eigenvalue weighted by Crippen LogP contribution is -2.27. The number of nitrogens with one attached hydrogen (secondary N) is 2. The number of aliphatic hydroxyl groups excluding tert-OH is 2. The van der Waals surface area contributed by atoms with E-state index in [2.05, 4.69) is 10.6 Å². The Morgan fingerprint density at radius 3 is 1.50 bits per heavy atom. The van der Waals surface area contributed by atoms with E-state index in [9.17, 15) is 9.59 Å². The van der Waals surface area contributed by atoms with Crippen LogP contribution in [0.3, 0.4) is 0 Å². The number of amides is 2. The molecule has 0 radical (unpaired) electrons. The summed E-state index contributed by atoms with van der Waals surface area (Å²) in [6, 6.07) is 0. The van der Waals surface area contributed by atoms with Crippen molar-refractivity contribution in [1.82, 2.24) is 10.6 Å². The summed E-state index contributed by atoms with van der Waals surface area (Å²) < 4.78 is 0. The number of rotatable bonds is 9. The van der Waals surface area contributed by atoms with E-state index >= 15 is 0 Å². The van der Waals surface area contributed by atoms with Crippen LogP contribution in [0.1, 0.15) is 25.7 Å². The van der Waals surface area contributed by atoms with Crippen LogP contribution in [0.15, 0.2) is 0 Å². The molecule has 6 heteroatoms. The molecule has 0 aliphatic carbocycles. The van der Waals surface area contributed by atoms with Gasteiger partial charge in [0.1, 0.15) is 0 Å². The van der Waals surface area contributed by atoms with E-state index < -0.39 is 0 Å². The molecule has 0 aromatic carbocycles. The van der Waals surface area contributed by atoms with Gasteiger partial charge in [-0.2, -0.15) is 0 Å². The third-order valence-corrected chi connectivity index (χ3v) is 1.93. The molecule has 0 spiro atoms. The maximum atomic E-state index is 10.9. The lowest BCUT2D eigenvalue weighted by Gasteiger charge is -2.05. The molecule has 4 N–H and O–H groups in total. The van der Waals surface area contributed by atoms with Gasteiger partial charge in [0.2, 0.25) is 11.8 Å². The van der Waals surface area contributed by atoms with Gasteiger partial charge in [0.25, 0.3) is 0 Å². The first-order chi connectivity index (χ1) is 7.70. The lowest BCUT2D eigenvalue weighted by molar-refractivity contribution is -0.122. The molecule has 16 heavy (non-hydrogen) atoms. The third-order valence-electron chi connectivity index (χ3n) is 1.93. The molecule has 2 amide bonds. The first kappa shape index (κ1) is 14.9. The molecule has 0 aromatic heterocycles. The zero-order chi connectivity index (χ0) is 12.2. The Kier molecular flexibility index (Phi) is 9.64. The van der Waals surface area contributed by atoms with Crippen LogP contribution in [0.5, 0.6) is 0 Å². The topological polar surface area (TPSA) is 98.7 Å². The minimum Gasteiger partial charge on any atom is -0.396 e. The predicted octanol–water partition coefficient (Wildman–Crippen LogP) is -1.24. The van der Waals surface area contributed by atoms with E-state index in [0.29, 0.717) is 13.1 Å². The lowest BCUT2D eigenvalue weighted by atomic mass is 10.3. The zero-order valence-electron chi connectivity index (χ0n) is 9.37. The summed E-state index contributed by atoms with van der Waals surface area (Å²) in [5.41, 5.74) is 0. The predicted molar refractivity (Wildman–Crippen MR) is 58.7 cm³/mol. The molecule has 0 aliphatic rings. The van der Waals surface area contributed by atoms with Crippen molar-refractivity contribution in [2.24, 2.45) is 0 Å². The van der Waals surface area contributed by atoms with E-state index in [1.807, 2.05) is 0 Å². The van der Waals surface area contributed by atoms with Crippen LogP contribution in [0.2, 0.25) is 0 Å². The highest BCUT2D eigenvalue weighted by Crippen LogP contribution is 1.87. The summed E-state index contributed by atoms with van der Waals surface area (Å²) in [5, 5.41) is 22.2. The van der Waals surface area contributed by atoms with Gasteiger partial charge in [-0.05, 0) is 12.8 Å². The van der Waals surface area contributed by atoms with Gasteiger partial charge in [-0.25, -0.2) is 0 Å². The number of hydrogen-bond acceptors (Lipinski definition) is 4. The van der Waals surface area contributed by atoms with Crippen LogP contribution in [0, 0.1) is 0 Å². The maximum Gasteiger partial charge on any atom is 0.222 e. The Hall–Kier alpha value is -1.14. The Morgan fingerprint density at radius 2 is 1.19 bits per heavy atom. The van der Waals surface area contributed by atoms with Gasteiger partial charge in [0.05, 0.1) is 13.2 Å². The van der Waals surface area contributed by atoms with Crippen molar-refractivity contribution in [1.29, 1.82) is 0 Å². The van der Waals surface area contributed by atoms with Crippen molar-refractivity contribution in [2.45, 2.75) is 25.7 Å². The molecule has 0 aliphatic heterocycles. The van der Waals surface area contributed by atoms with Gasteiger partial charge in [-0.3, -0.25) is 9.59 Å². The average molecular weight is 232 g/mol. The molecule has 0 aromatic rings. The quantitative estimate of drug-likeness (QED) is 0.374. The molecule has 0 atom stereocenters. The molecule has 0 rings (SSSR count). The highest BCUT2D eigenvalue weighted by molar-refractivity contribution is 5.76. The van der Waals surface area contributed by atoms with Crippen molar-refractivity contribution in [2.75, 3.05) is 26.3 Å². The van der Waals surface area contributed by atoms with Crippen LogP contribution in [0.25, 0.3) is 0 Å². The number of carbonyl (C=O) groups is 2. The Bertz CT molecular complexity index is 187. The van der Waals surface area contributed by atoms with E-state index in [4.69, 9.17) is 10.2 Å². The summed E-state index contributed by atoms with van der Waals surface area (Å²) in [7, 11) is 0. The van der Waals surface area contributed by atoms with E-state index in [-0.39, 0.29) is 37.9 Å². The largest absolute Gasteiger partial charge is 0.396 e. The van der Waals surface area contributed by atoms with Crippen LogP contribution in [-0.2, 0) is 9.59 Å². The number of hydrogen-bond donors (Lipinski definition) is 4. The Balaban J connectivity index is 3.21. The van der Waals surface area contributed by atoms with Crippen LogP contribution < -0.4 is 10.6 Å². The van der Waals surface area contributed by atoms with E-state index in [0.717, 1.165) is 12.8 Å². The fraction of sp³-hybridized carbons (Fsp3) is 0.800. The van der Waals surface area contributed by atoms with Crippen molar-refractivity contribution in [3.05, 3.63) is 0 Å². The van der Waals surface area contributed by atoms with Crippen LogP contribution in [0.4, 0.5) is 0 Å². The molecule has 0 bridgehead atoms. The molecular weight excluding hydrogens is 212 g/mol. The molecule has 0 saturated heterocycles. The van der Waals surface area contributed by atoms with Gasteiger partial charge >= 0.3 is 0 Å². The first-order valence-electron chi connectivity index (χ1n) is 5.45. The van der Waals surface area contributed by atoms with Crippen LogP contribution >= 0.6 is 0 Å². The van der Waals surface area contributed by atoms with E-state index in [1.54, 1.807) is 0 Å². The molecule has 0 unspecified atom stereocenters. The molecule has 0 heterocycles. The highest BCUT2D eigenvalue weighted by Gasteiger charge is 1.99. The second-order valence-corrected chi connectivity index (χ2v) is 3.35. The smallest absolute Gasteiger partial charge is 0.222 e. The fourth-order valence-corrected chi connectivity index (χ4v) is 1.09. The summed E-state index contributed by atoms with van der Waals surface area (Å²) >= 11 is 0. The van der Waals surface area contributed by atoms with Gasteiger partial charge in [-0.1, -0.05) is 0 Å². The van der Waals surface area contributed by atoms with Gasteiger partial charge < -0.3 is 20.8 Å². The fourth-order valence-electron chi connectivity index (χ4n) is 1.09. The summed E-state index contributed by atoms with van der Waals surface area (Å²) in [6.07, 6.45) is 1.81. The Morgan fingerprint density at radius 1 is 0.812 bits per heavy atom. The Labute approximate surface area is 95.0 Å². The van der Waals surface area contributed by atoms with Crippen molar-refractivity contribution in [3.63, 3.8) is 0 Å². The van der Waals surface area contributed by atoms with E-state index in [1.165, 1.54) is 0 Å². The summed E-state index contributed by atoms with van der Waals surface area (Å²) in [6.45, 7) is 0.829.